The van der Waals surface area contributed by atoms with Crippen molar-refractivity contribution in [3.05, 3.63) is 0 Å². The molecule has 0 aromatic rings. The van der Waals surface area contributed by atoms with E-state index in [1.807, 2.05) is 0 Å². The van der Waals surface area contributed by atoms with E-state index in [1.54, 1.807) is 0 Å². The maximum atomic E-state index is 3.78. The molecule has 3 unspecified atom stereocenters. The lowest BCUT2D eigenvalue weighted by atomic mass is 9.90. The number of rotatable bonds is 6. The molecule has 0 aromatic heterocycles. The van der Waals surface area contributed by atoms with Gasteiger partial charge in [0.25, 0.3) is 0 Å². The van der Waals surface area contributed by atoms with Gasteiger partial charge in [-0.25, -0.2) is 0 Å². The summed E-state index contributed by atoms with van der Waals surface area (Å²) in [7, 11) is 0. The smallest absolute Gasteiger partial charge is 0.0278 e. The Labute approximate surface area is 114 Å². The van der Waals surface area contributed by atoms with Gasteiger partial charge in [0, 0.05) is 30.7 Å². The van der Waals surface area contributed by atoms with Crippen molar-refractivity contribution in [2.75, 3.05) is 13.1 Å². The first-order valence-corrected chi connectivity index (χ1v) is 8.12. The quantitative estimate of drug-likeness (QED) is 0.779. The fourth-order valence-corrected chi connectivity index (χ4v) is 3.39. The summed E-state index contributed by atoms with van der Waals surface area (Å²) in [5.41, 5.74) is 0.336. The van der Waals surface area contributed by atoms with Crippen LogP contribution in [0.2, 0.25) is 0 Å². The van der Waals surface area contributed by atoms with Crippen molar-refractivity contribution >= 4 is 0 Å². The van der Waals surface area contributed by atoms with E-state index in [2.05, 4.69) is 37.9 Å². The maximum Gasteiger partial charge on any atom is 0.0278 e. The number of nitrogens with one attached hydrogen (secondary N) is 1. The highest BCUT2D eigenvalue weighted by molar-refractivity contribution is 4.97. The monoisotopic (exact) mass is 252 g/mol. The number of hydrogen-bond acceptors (Lipinski definition) is 2. The van der Waals surface area contributed by atoms with Gasteiger partial charge in [0.15, 0.2) is 0 Å². The SMILES string of the molecule is CCC1CNC(C)(CC)CN1C(CC)CC1CC1. The van der Waals surface area contributed by atoms with E-state index in [-0.39, 0.29) is 0 Å². The summed E-state index contributed by atoms with van der Waals surface area (Å²) in [6.45, 7) is 11.9. The topological polar surface area (TPSA) is 15.3 Å². The van der Waals surface area contributed by atoms with Gasteiger partial charge >= 0.3 is 0 Å². The molecule has 0 aromatic carbocycles. The van der Waals surface area contributed by atoms with E-state index in [4.69, 9.17) is 0 Å². The third-order valence-corrected chi connectivity index (χ3v) is 5.26. The molecule has 2 fully saturated rings. The highest BCUT2D eigenvalue weighted by Crippen LogP contribution is 2.37. The minimum absolute atomic E-state index is 0.336. The van der Waals surface area contributed by atoms with Gasteiger partial charge in [-0.05, 0) is 38.5 Å². The average Bonchev–Trinajstić information content (AvgIpc) is 3.20. The molecule has 0 spiro atoms. The Morgan fingerprint density at radius 3 is 2.50 bits per heavy atom. The number of nitrogens with zero attached hydrogens (tertiary/aromatic N) is 1. The summed E-state index contributed by atoms with van der Waals surface area (Å²) in [6, 6.07) is 1.59. The summed E-state index contributed by atoms with van der Waals surface area (Å²) < 4.78 is 0. The van der Waals surface area contributed by atoms with Crippen LogP contribution in [0.5, 0.6) is 0 Å². The van der Waals surface area contributed by atoms with Crippen LogP contribution in [0.15, 0.2) is 0 Å². The first-order chi connectivity index (χ1) is 8.61. The molecule has 2 nitrogen and oxygen atoms in total. The third-order valence-electron chi connectivity index (χ3n) is 5.26. The summed E-state index contributed by atoms with van der Waals surface area (Å²) in [5, 5.41) is 3.78. The Hall–Kier alpha value is -0.0800. The number of piperazine rings is 1. The van der Waals surface area contributed by atoms with Crippen molar-refractivity contribution in [1.29, 1.82) is 0 Å². The second-order valence-corrected chi connectivity index (χ2v) is 6.77. The molecule has 18 heavy (non-hydrogen) atoms. The fourth-order valence-electron chi connectivity index (χ4n) is 3.39. The van der Waals surface area contributed by atoms with Crippen molar-refractivity contribution in [1.82, 2.24) is 10.2 Å². The minimum Gasteiger partial charge on any atom is -0.309 e. The van der Waals surface area contributed by atoms with Gasteiger partial charge < -0.3 is 5.32 Å². The molecule has 2 rings (SSSR count). The second kappa shape index (κ2) is 5.92. The molecule has 2 aliphatic rings. The lowest BCUT2D eigenvalue weighted by Gasteiger charge is -2.49. The van der Waals surface area contributed by atoms with Crippen LogP contribution in [0.1, 0.15) is 66.2 Å². The van der Waals surface area contributed by atoms with E-state index in [0.717, 1.165) is 18.0 Å². The summed E-state index contributed by atoms with van der Waals surface area (Å²) in [5.74, 6) is 1.05. The molecule has 1 heterocycles. The summed E-state index contributed by atoms with van der Waals surface area (Å²) in [6.07, 6.45) is 8.28. The Kier molecular flexibility index (Phi) is 4.71. The normalized spacial score (nSPS) is 35.7. The Balaban J connectivity index is 2.03. The van der Waals surface area contributed by atoms with Crippen molar-refractivity contribution < 1.29 is 0 Å². The first kappa shape index (κ1) is 14.3. The van der Waals surface area contributed by atoms with Crippen LogP contribution in [0.4, 0.5) is 0 Å². The number of hydrogen-bond donors (Lipinski definition) is 1. The molecule has 1 aliphatic heterocycles. The predicted molar refractivity (Wildman–Crippen MR) is 78.9 cm³/mol. The van der Waals surface area contributed by atoms with Crippen LogP contribution in [0.3, 0.4) is 0 Å². The van der Waals surface area contributed by atoms with Gasteiger partial charge in [-0.15, -0.1) is 0 Å². The molecule has 106 valence electrons. The largest absolute Gasteiger partial charge is 0.309 e. The molecule has 0 radical (unpaired) electrons. The molecular formula is C16H32N2. The van der Waals surface area contributed by atoms with Crippen LogP contribution in [-0.2, 0) is 0 Å². The van der Waals surface area contributed by atoms with Crippen LogP contribution < -0.4 is 5.32 Å². The molecule has 1 N–H and O–H groups in total. The zero-order valence-corrected chi connectivity index (χ0v) is 12.8. The highest BCUT2D eigenvalue weighted by Gasteiger charge is 2.38. The van der Waals surface area contributed by atoms with Gasteiger partial charge in [-0.3, -0.25) is 4.90 Å². The van der Waals surface area contributed by atoms with Crippen LogP contribution in [0, 0.1) is 5.92 Å². The lowest BCUT2D eigenvalue weighted by Crippen LogP contribution is -2.64. The van der Waals surface area contributed by atoms with Crippen LogP contribution >= 0.6 is 0 Å². The third kappa shape index (κ3) is 3.27. The van der Waals surface area contributed by atoms with Crippen molar-refractivity contribution in [3.8, 4) is 0 Å². The Morgan fingerprint density at radius 2 is 2.00 bits per heavy atom. The van der Waals surface area contributed by atoms with Crippen molar-refractivity contribution in [2.24, 2.45) is 5.92 Å². The molecule has 0 amide bonds. The summed E-state index contributed by atoms with van der Waals surface area (Å²) >= 11 is 0. The highest BCUT2D eigenvalue weighted by atomic mass is 15.3. The van der Waals surface area contributed by atoms with Gasteiger partial charge in [0.2, 0.25) is 0 Å². The molecule has 1 saturated carbocycles. The maximum absolute atomic E-state index is 3.78. The van der Waals surface area contributed by atoms with E-state index in [9.17, 15) is 0 Å². The van der Waals surface area contributed by atoms with E-state index >= 15 is 0 Å². The standard InChI is InChI=1S/C16H32N2/c1-5-14(10-13-8-9-13)18-12-16(4,7-3)17-11-15(18)6-2/h13-15,17H,5-12H2,1-4H3. The summed E-state index contributed by atoms with van der Waals surface area (Å²) in [4.78, 5) is 2.85. The molecule has 1 aliphatic carbocycles. The molecule has 1 saturated heterocycles. The van der Waals surface area contributed by atoms with Crippen LogP contribution in [-0.4, -0.2) is 35.6 Å². The van der Waals surface area contributed by atoms with Gasteiger partial charge in [-0.1, -0.05) is 33.6 Å². The Bertz CT molecular complexity index is 262. The van der Waals surface area contributed by atoms with Gasteiger partial charge in [-0.2, -0.15) is 0 Å². The zero-order valence-electron chi connectivity index (χ0n) is 12.8. The van der Waals surface area contributed by atoms with Crippen LogP contribution in [0.25, 0.3) is 0 Å². The van der Waals surface area contributed by atoms with Crippen molar-refractivity contribution in [2.45, 2.75) is 83.8 Å². The molecule has 2 heteroatoms. The zero-order chi connectivity index (χ0) is 13.2. The van der Waals surface area contributed by atoms with Gasteiger partial charge in [0.05, 0.1) is 0 Å². The first-order valence-electron chi connectivity index (χ1n) is 8.12. The predicted octanol–water partition coefficient (Wildman–Crippen LogP) is 3.42. The fraction of sp³-hybridized carbons (Fsp3) is 1.00. The van der Waals surface area contributed by atoms with E-state index in [1.165, 1.54) is 51.6 Å². The van der Waals surface area contributed by atoms with Crippen molar-refractivity contribution in [3.63, 3.8) is 0 Å². The minimum atomic E-state index is 0.336. The Morgan fingerprint density at radius 1 is 1.28 bits per heavy atom. The van der Waals surface area contributed by atoms with E-state index < -0.39 is 0 Å². The van der Waals surface area contributed by atoms with E-state index in [0.29, 0.717) is 5.54 Å². The lowest BCUT2D eigenvalue weighted by molar-refractivity contribution is 0.0366. The van der Waals surface area contributed by atoms with Gasteiger partial charge in [0.1, 0.15) is 0 Å². The molecule has 3 atom stereocenters. The second-order valence-electron chi connectivity index (χ2n) is 6.77. The average molecular weight is 252 g/mol. The molecular weight excluding hydrogens is 220 g/mol. The molecule has 0 bridgehead atoms.